The van der Waals surface area contributed by atoms with E-state index < -0.39 is 0 Å². The van der Waals surface area contributed by atoms with E-state index in [1.54, 1.807) is 6.20 Å². The van der Waals surface area contributed by atoms with Crippen molar-refractivity contribution in [3.8, 4) is 0 Å². The van der Waals surface area contributed by atoms with Gasteiger partial charge in [0.05, 0.1) is 17.3 Å². The van der Waals surface area contributed by atoms with Crippen LogP contribution in [0, 0.1) is 5.41 Å². The summed E-state index contributed by atoms with van der Waals surface area (Å²) in [5, 5.41) is 7.58. The van der Waals surface area contributed by atoms with Gasteiger partial charge in [0, 0.05) is 19.3 Å². The van der Waals surface area contributed by atoms with Crippen molar-refractivity contribution in [1.82, 2.24) is 9.97 Å². The van der Waals surface area contributed by atoms with Gasteiger partial charge in [0.25, 0.3) is 0 Å². The molecule has 0 amide bonds. The molecule has 1 atom stereocenters. The third-order valence-corrected chi connectivity index (χ3v) is 2.85. The lowest BCUT2D eigenvalue weighted by Gasteiger charge is -2.42. The second-order valence-electron chi connectivity index (χ2n) is 5.24. The predicted octanol–water partition coefficient (Wildman–Crippen LogP) is 0.764. The van der Waals surface area contributed by atoms with Crippen molar-refractivity contribution in [3.63, 3.8) is 0 Å². The number of hydrogen-bond acceptors (Lipinski definition) is 5. The molecule has 0 bridgehead atoms. The molecule has 6 heteroatoms. The SMILES string of the molecule is CC1CN(c2ncncc2C(=N)N)CC(C)(C)O1. The number of ether oxygens (including phenoxy) is 1. The molecule has 2 rings (SSSR count). The second-order valence-corrected chi connectivity index (χ2v) is 5.24. The summed E-state index contributed by atoms with van der Waals surface area (Å²) in [6, 6.07) is 0. The largest absolute Gasteiger partial charge is 0.384 e. The Bertz CT molecular complexity index is 460. The van der Waals surface area contributed by atoms with E-state index in [1.807, 2.05) is 20.8 Å². The summed E-state index contributed by atoms with van der Waals surface area (Å²) in [5.74, 6) is 0.697. The molecule has 3 N–H and O–H groups in total. The minimum absolute atomic E-state index is 0.0115. The Morgan fingerprint density at radius 3 is 2.94 bits per heavy atom. The Labute approximate surface area is 107 Å². The molecule has 0 aliphatic carbocycles. The molecule has 1 aromatic heterocycles. The number of morpholine rings is 1. The lowest BCUT2D eigenvalue weighted by Crippen LogP contribution is -2.52. The van der Waals surface area contributed by atoms with Gasteiger partial charge in [-0.1, -0.05) is 0 Å². The fourth-order valence-corrected chi connectivity index (χ4v) is 2.38. The molecular formula is C12H19N5O. The molecule has 1 unspecified atom stereocenters. The summed E-state index contributed by atoms with van der Waals surface area (Å²) < 4.78 is 5.86. The van der Waals surface area contributed by atoms with E-state index in [2.05, 4.69) is 14.9 Å². The number of nitrogens with one attached hydrogen (secondary N) is 1. The maximum atomic E-state index is 7.58. The first-order chi connectivity index (χ1) is 8.39. The van der Waals surface area contributed by atoms with Crippen molar-refractivity contribution >= 4 is 11.7 Å². The number of nitrogens with two attached hydrogens (primary N) is 1. The van der Waals surface area contributed by atoms with Crippen LogP contribution in [-0.4, -0.2) is 40.6 Å². The highest BCUT2D eigenvalue weighted by Gasteiger charge is 2.33. The van der Waals surface area contributed by atoms with Crippen LogP contribution >= 0.6 is 0 Å². The quantitative estimate of drug-likeness (QED) is 0.597. The van der Waals surface area contributed by atoms with E-state index >= 15 is 0 Å². The summed E-state index contributed by atoms with van der Waals surface area (Å²) in [6.45, 7) is 7.58. The first-order valence-electron chi connectivity index (χ1n) is 5.96. The molecule has 0 spiro atoms. The molecule has 18 heavy (non-hydrogen) atoms. The van der Waals surface area contributed by atoms with Gasteiger partial charge in [-0.15, -0.1) is 0 Å². The lowest BCUT2D eigenvalue weighted by molar-refractivity contribution is -0.0751. The monoisotopic (exact) mass is 249 g/mol. The Morgan fingerprint density at radius 2 is 2.33 bits per heavy atom. The van der Waals surface area contributed by atoms with Gasteiger partial charge in [0.2, 0.25) is 0 Å². The number of nitrogen functional groups attached to an aromatic ring is 1. The van der Waals surface area contributed by atoms with Gasteiger partial charge in [-0.25, -0.2) is 9.97 Å². The number of hydrogen-bond donors (Lipinski definition) is 2. The average Bonchev–Trinajstić information content (AvgIpc) is 2.26. The van der Waals surface area contributed by atoms with Crippen LogP contribution < -0.4 is 10.6 Å². The highest BCUT2D eigenvalue weighted by molar-refractivity contribution is 5.99. The maximum absolute atomic E-state index is 7.58. The normalized spacial score (nSPS) is 22.8. The number of nitrogens with zero attached hydrogens (tertiary/aromatic N) is 3. The second kappa shape index (κ2) is 4.53. The summed E-state index contributed by atoms with van der Waals surface area (Å²) in [7, 11) is 0. The van der Waals surface area contributed by atoms with Crippen LogP contribution in [0.5, 0.6) is 0 Å². The molecule has 1 saturated heterocycles. The number of rotatable bonds is 2. The van der Waals surface area contributed by atoms with Gasteiger partial charge in [0.1, 0.15) is 18.0 Å². The minimum atomic E-state index is -0.239. The van der Waals surface area contributed by atoms with Crippen LogP contribution in [0.15, 0.2) is 12.5 Å². The smallest absolute Gasteiger partial charge is 0.143 e. The van der Waals surface area contributed by atoms with Crippen molar-refractivity contribution in [1.29, 1.82) is 5.41 Å². The topological polar surface area (TPSA) is 88.1 Å². The van der Waals surface area contributed by atoms with Gasteiger partial charge in [-0.2, -0.15) is 0 Å². The highest BCUT2D eigenvalue weighted by atomic mass is 16.5. The van der Waals surface area contributed by atoms with Crippen molar-refractivity contribution in [2.75, 3.05) is 18.0 Å². The van der Waals surface area contributed by atoms with E-state index in [0.29, 0.717) is 17.9 Å². The summed E-state index contributed by atoms with van der Waals surface area (Å²) >= 11 is 0. The molecule has 6 nitrogen and oxygen atoms in total. The molecule has 0 radical (unpaired) electrons. The Hall–Kier alpha value is -1.69. The van der Waals surface area contributed by atoms with Crippen LogP contribution in [0.4, 0.5) is 5.82 Å². The summed E-state index contributed by atoms with van der Waals surface area (Å²) in [5.41, 5.74) is 5.90. The standard InChI is InChI=1S/C12H19N5O/c1-8-5-17(6-12(2,3)18-8)11-9(10(13)14)4-15-7-16-11/h4,7-8H,5-6H2,1-3H3,(H3,13,14). The van der Waals surface area contributed by atoms with Gasteiger partial charge in [0.15, 0.2) is 0 Å². The van der Waals surface area contributed by atoms with Gasteiger partial charge < -0.3 is 15.4 Å². The molecule has 1 aromatic rings. The first-order valence-corrected chi connectivity index (χ1v) is 5.96. The zero-order valence-corrected chi connectivity index (χ0v) is 11.0. The molecule has 0 saturated carbocycles. The molecule has 2 heterocycles. The number of amidine groups is 1. The summed E-state index contributed by atoms with van der Waals surface area (Å²) in [6.07, 6.45) is 3.18. The fraction of sp³-hybridized carbons (Fsp3) is 0.583. The van der Waals surface area contributed by atoms with Crippen molar-refractivity contribution in [2.24, 2.45) is 5.73 Å². The van der Waals surface area contributed by atoms with Crippen LogP contribution in [0.25, 0.3) is 0 Å². The Kier molecular flexibility index (Phi) is 3.21. The zero-order valence-electron chi connectivity index (χ0n) is 11.0. The van der Waals surface area contributed by atoms with E-state index in [-0.39, 0.29) is 17.5 Å². The number of anilines is 1. The van der Waals surface area contributed by atoms with E-state index in [0.717, 1.165) is 6.54 Å². The lowest BCUT2D eigenvalue weighted by atomic mass is 10.0. The molecule has 1 aliphatic rings. The molecule has 0 aromatic carbocycles. The van der Waals surface area contributed by atoms with Gasteiger partial charge in [-0.3, -0.25) is 5.41 Å². The summed E-state index contributed by atoms with van der Waals surface area (Å²) in [4.78, 5) is 10.3. The Morgan fingerprint density at radius 1 is 1.61 bits per heavy atom. The van der Waals surface area contributed by atoms with Crippen LogP contribution in [0.3, 0.4) is 0 Å². The average molecular weight is 249 g/mol. The van der Waals surface area contributed by atoms with Crippen LogP contribution in [-0.2, 0) is 4.74 Å². The van der Waals surface area contributed by atoms with E-state index in [9.17, 15) is 0 Å². The molecule has 98 valence electrons. The highest BCUT2D eigenvalue weighted by Crippen LogP contribution is 2.26. The zero-order chi connectivity index (χ0) is 13.3. The van der Waals surface area contributed by atoms with Crippen molar-refractivity contribution in [3.05, 3.63) is 18.1 Å². The predicted molar refractivity (Wildman–Crippen MR) is 69.9 cm³/mol. The first kappa shape index (κ1) is 12.8. The molecule has 1 aliphatic heterocycles. The number of aromatic nitrogens is 2. The fourth-order valence-electron chi connectivity index (χ4n) is 2.38. The van der Waals surface area contributed by atoms with Crippen molar-refractivity contribution in [2.45, 2.75) is 32.5 Å². The van der Waals surface area contributed by atoms with Gasteiger partial charge in [-0.05, 0) is 20.8 Å². The minimum Gasteiger partial charge on any atom is -0.384 e. The molecule has 1 fully saturated rings. The maximum Gasteiger partial charge on any atom is 0.143 e. The van der Waals surface area contributed by atoms with E-state index in [4.69, 9.17) is 15.9 Å². The molecular weight excluding hydrogens is 230 g/mol. The van der Waals surface area contributed by atoms with Crippen molar-refractivity contribution < 1.29 is 4.74 Å². The third-order valence-electron chi connectivity index (χ3n) is 2.85. The van der Waals surface area contributed by atoms with Crippen LogP contribution in [0.1, 0.15) is 26.3 Å². The Balaban J connectivity index is 2.34. The van der Waals surface area contributed by atoms with Gasteiger partial charge >= 0.3 is 0 Å². The van der Waals surface area contributed by atoms with Crippen LogP contribution in [0.2, 0.25) is 0 Å². The van der Waals surface area contributed by atoms with E-state index in [1.165, 1.54) is 6.33 Å². The third kappa shape index (κ3) is 2.59.